The van der Waals surface area contributed by atoms with E-state index in [4.69, 9.17) is 0 Å². The Bertz CT molecular complexity index is 601. The summed E-state index contributed by atoms with van der Waals surface area (Å²) in [7, 11) is 4.43. The van der Waals surface area contributed by atoms with Gasteiger partial charge in [0.15, 0.2) is 0 Å². The van der Waals surface area contributed by atoms with E-state index in [9.17, 15) is 0 Å². The minimum atomic E-state index is -0.835. The van der Waals surface area contributed by atoms with Gasteiger partial charge >= 0.3 is 120 Å². The van der Waals surface area contributed by atoms with E-state index in [1.54, 1.807) is 20.4 Å². The second-order valence-electron chi connectivity index (χ2n) is 4.67. The van der Waals surface area contributed by atoms with Crippen molar-refractivity contribution in [2.24, 2.45) is 0 Å². The van der Waals surface area contributed by atoms with Crippen LogP contribution in [0.15, 0.2) is 46.2 Å². The molecule has 2 aliphatic rings. The molecule has 90 valence electrons. The predicted octanol–water partition coefficient (Wildman–Crippen LogP) is 3.93. The molecule has 2 aromatic carbocycles. The van der Waals surface area contributed by atoms with E-state index in [2.05, 4.69) is 70.3 Å². The van der Waals surface area contributed by atoms with Crippen molar-refractivity contribution < 1.29 is 0 Å². The summed E-state index contributed by atoms with van der Waals surface area (Å²) < 4.78 is 0. The van der Waals surface area contributed by atoms with Crippen LogP contribution in [0.5, 0.6) is 0 Å². The first-order valence-electron chi connectivity index (χ1n) is 5.90. The number of rotatable bonds is 0. The van der Waals surface area contributed by atoms with Gasteiger partial charge in [-0.1, -0.05) is 0 Å². The molecule has 2 heterocycles. The molecule has 0 aromatic heterocycles. The molecule has 0 unspecified atom stereocenters. The zero-order chi connectivity index (χ0) is 12.3. The molecule has 0 nitrogen and oxygen atoms in total. The van der Waals surface area contributed by atoms with E-state index in [0.717, 1.165) is 0 Å². The van der Waals surface area contributed by atoms with Gasteiger partial charge in [-0.3, -0.25) is 0 Å². The van der Waals surface area contributed by atoms with Crippen molar-refractivity contribution in [3.63, 3.8) is 0 Å². The topological polar surface area (TPSA) is 0 Å². The second-order valence-corrected chi connectivity index (χ2v) is 23.2. The van der Waals surface area contributed by atoms with Gasteiger partial charge in [0.05, 0.1) is 0 Å². The maximum atomic E-state index is 2.45. The van der Waals surface area contributed by atoms with Gasteiger partial charge in [-0.15, -0.1) is 0 Å². The monoisotopic (exact) mass is 350 g/mol. The molecule has 0 fully saturated rings. The van der Waals surface area contributed by atoms with Crippen molar-refractivity contribution in [2.75, 3.05) is 0 Å². The average molecular weight is 350 g/mol. The fourth-order valence-electron chi connectivity index (χ4n) is 2.31. The molecule has 0 atom stereocenters. The summed E-state index contributed by atoms with van der Waals surface area (Å²) in [6.07, 6.45) is 0. The van der Waals surface area contributed by atoms with Gasteiger partial charge in [0.25, 0.3) is 0 Å². The molecule has 0 bridgehead atoms. The van der Waals surface area contributed by atoms with Crippen LogP contribution < -0.4 is 10.6 Å². The third-order valence-corrected chi connectivity index (χ3v) is 26.1. The van der Waals surface area contributed by atoms with Crippen LogP contribution in [0.4, 0.5) is 0 Å². The van der Waals surface area contributed by atoms with E-state index in [-0.39, 0.29) is 6.48 Å². The van der Waals surface area contributed by atoms with Crippen LogP contribution >= 0.6 is 26.5 Å². The van der Waals surface area contributed by atoms with Gasteiger partial charge in [-0.2, -0.15) is 0 Å². The third kappa shape index (κ3) is 1.73. The Balaban J connectivity index is 1.91. The van der Waals surface area contributed by atoms with Crippen molar-refractivity contribution in [3.05, 3.63) is 47.5 Å². The Morgan fingerprint density at radius 2 is 1.33 bits per heavy atom. The van der Waals surface area contributed by atoms with E-state index in [0.29, 0.717) is 0 Å². The van der Waals surface area contributed by atoms with Crippen molar-refractivity contribution in [1.82, 2.24) is 0 Å². The summed E-state index contributed by atoms with van der Waals surface area (Å²) in [5.74, 6) is 0. The van der Waals surface area contributed by atoms with Gasteiger partial charge in [-0.25, -0.2) is 0 Å². The van der Waals surface area contributed by atoms with Crippen molar-refractivity contribution in [1.29, 1.82) is 0 Å². The van der Waals surface area contributed by atoms with Crippen LogP contribution in [0.2, 0.25) is 0 Å². The zero-order valence-corrected chi connectivity index (χ0v) is 14.6. The van der Waals surface area contributed by atoms with E-state index in [1.165, 1.54) is 11.1 Å². The molecule has 0 aliphatic carbocycles. The SMILES string of the molecule is Cc1ccc2c(c1)P1c3cc(C)ccc3S[As]1S2. The molecular weight excluding hydrogens is 338 g/mol. The fraction of sp³-hybridized carbons (Fsp3) is 0.143. The van der Waals surface area contributed by atoms with Gasteiger partial charge in [-0.05, 0) is 0 Å². The van der Waals surface area contributed by atoms with Crippen LogP contribution in [0.25, 0.3) is 0 Å². The second kappa shape index (κ2) is 4.32. The van der Waals surface area contributed by atoms with Crippen LogP contribution in [-0.4, -0.2) is 11.9 Å². The summed E-state index contributed by atoms with van der Waals surface area (Å²) >= 11 is -0.835. The Hall–Kier alpha value is 0.128. The van der Waals surface area contributed by atoms with Crippen LogP contribution in [0, 0.1) is 13.8 Å². The van der Waals surface area contributed by atoms with Crippen molar-refractivity contribution >= 4 is 49.0 Å². The molecule has 18 heavy (non-hydrogen) atoms. The molecule has 4 rings (SSSR count). The number of benzene rings is 2. The molecule has 0 radical (unpaired) electrons. The standard InChI is InChI=1S/C14H12AsPS2/c1-9-3-5-13-11(7-9)16-12-8-10(2)4-6-14(12)18-15(16)17-13/h3-8H,1-2H3. The van der Waals surface area contributed by atoms with E-state index < -0.39 is 11.9 Å². The Morgan fingerprint density at radius 3 is 1.83 bits per heavy atom. The number of aryl methyl sites for hydroxylation is 2. The Labute approximate surface area is 119 Å². The molecule has 0 saturated carbocycles. The van der Waals surface area contributed by atoms with Crippen molar-refractivity contribution in [2.45, 2.75) is 23.6 Å². The number of hydrogen-bond acceptors (Lipinski definition) is 2. The van der Waals surface area contributed by atoms with Gasteiger partial charge < -0.3 is 0 Å². The van der Waals surface area contributed by atoms with Crippen LogP contribution in [-0.2, 0) is 0 Å². The first-order chi connectivity index (χ1) is 8.72. The average Bonchev–Trinajstić information content (AvgIpc) is 2.85. The molecule has 0 saturated heterocycles. The van der Waals surface area contributed by atoms with Gasteiger partial charge in [0.1, 0.15) is 0 Å². The molecule has 0 amide bonds. The molecule has 0 spiro atoms. The summed E-state index contributed by atoms with van der Waals surface area (Å²) in [4.78, 5) is 3.15. The molecular formula is C14H12AsPS2. The fourth-order valence-corrected chi connectivity index (χ4v) is 31.4. The van der Waals surface area contributed by atoms with Crippen molar-refractivity contribution in [3.8, 4) is 0 Å². The summed E-state index contributed by atoms with van der Waals surface area (Å²) in [6.45, 7) is 4.45. The molecule has 4 heteroatoms. The van der Waals surface area contributed by atoms with Crippen LogP contribution in [0.1, 0.15) is 11.1 Å². The Kier molecular flexibility index (Phi) is 2.86. The number of fused-ring (bicyclic) bond motifs is 5. The summed E-state index contributed by atoms with van der Waals surface area (Å²) in [6, 6.07) is 14.1. The maximum absolute atomic E-state index is 2.45. The number of hydrogen-bond donors (Lipinski definition) is 0. The van der Waals surface area contributed by atoms with E-state index in [1.807, 2.05) is 0 Å². The van der Waals surface area contributed by atoms with Gasteiger partial charge in [0.2, 0.25) is 0 Å². The molecule has 2 aromatic rings. The minimum absolute atomic E-state index is 0.0147. The quantitative estimate of drug-likeness (QED) is 0.522. The van der Waals surface area contributed by atoms with Crippen LogP contribution in [0.3, 0.4) is 0 Å². The zero-order valence-electron chi connectivity index (χ0n) is 10.2. The summed E-state index contributed by atoms with van der Waals surface area (Å²) in [5.41, 5.74) is 2.83. The first-order valence-corrected chi connectivity index (χ1v) is 15.9. The first kappa shape index (κ1) is 11.9. The third-order valence-electron chi connectivity index (χ3n) is 3.20. The van der Waals surface area contributed by atoms with E-state index >= 15 is 0 Å². The molecule has 2 aliphatic heterocycles. The van der Waals surface area contributed by atoms with Gasteiger partial charge in [0, 0.05) is 0 Å². The normalized spacial score (nSPS) is 23.7. The predicted molar refractivity (Wildman–Crippen MR) is 86.0 cm³/mol. The molecule has 0 N–H and O–H groups in total. The summed E-state index contributed by atoms with van der Waals surface area (Å²) in [5, 5.41) is 3.35. The Morgan fingerprint density at radius 1 is 0.833 bits per heavy atom.